The molecule has 1 heterocycles. The Balaban J connectivity index is 0.000000817. The molecule has 2 aromatic carbocycles. The third-order valence-corrected chi connectivity index (χ3v) is 5.26. The normalized spacial score (nSPS) is 20.6. The summed E-state index contributed by atoms with van der Waals surface area (Å²) in [6.07, 6.45) is 2.40. The van der Waals surface area contributed by atoms with Gasteiger partial charge >= 0.3 is 5.97 Å². The molecule has 27 heavy (non-hydrogen) atoms. The molecule has 1 saturated heterocycles. The Morgan fingerprint density at radius 3 is 2.30 bits per heavy atom. The minimum atomic E-state index is -0.653. The van der Waals surface area contributed by atoms with Crippen molar-refractivity contribution in [3.05, 3.63) is 71.8 Å². The number of carbonyl (C=O) groups is 1. The molecule has 142 valence electrons. The first-order valence-corrected chi connectivity index (χ1v) is 9.39. The van der Waals surface area contributed by atoms with Gasteiger partial charge in [-0.2, -0.15) is 5.26 Å². The van der Waals surface area contributed by atoms with Gasteiger partial charge in [0, 0.05) is 18.9 Å². The van der Waals surface area contributed by atoms with E-state index in [9.17, 15) is 9.90 Å². The maximum Gasteiger partial charge on any atom is 0.306 e. The first-order chi connectivity index (χ1) is 13.1. The molecule has 4 nitrogen and oxygen atoms in total. The van der Waals surface area contributed by atoms with Crippen LogP contribution < -0.4 is 0 Å². The van der Waals surface area contributed by atoms with Gasteiger partial charge in [-0.1, -0.05) is 60.7 Å². The molecule has 0 amide bonds. The third-order valence-electron chi connectivity index (χ3n) is 5.26. The minimum absolute atomic E-state index is 0.229. The number of nitriles is 1. The van der Waals surface area contributed by atoms with Crippen molar-refractivity contribution in [3.63, 3.8) is 0 Å². The highest BCUT2D eigenvalue weighted by atomic mass is 16.4. The summed E-state index contributed by atoms with van der Waals surface area (Å²) in [5, 5.41) is 16.8. The lowest BCUT2D eigenvalue weighted by atomic mass is 9.78. The zero-order valence-corrected chi connectivity index (χ0v) is 16.1. The Labute approximate surface area is 162 Å². The maximum atomic E-state index is 11.5. The van der Waals surface area contributed by atoms with E-state index in [4.69, 9.17) is 5.26 Å². The number of piperidine rings is 1. The van der Waals surface area contributed by atoms with Crippen LogP contribution in [0.5, 0.6) is 0 Å². The second-order valence-electron chi connectivity index (χ2n) is 7.04. The maximum absolute atomic E-state index is 11.5. The van der Waals surface area contributed by atoms with Gasteiger partial charge in [0.05, 0.1) is 12.0 Å². The van der Waals surface area contributed by atoms with Crippen molar-refractivity contribution in [1.29, 1.82) is 5.26 Å². The zero-order chi connectivity index (χ0) is 19.6. The van der Waals surface area contributed by atoms with Gasteiger partial charge in [0.2, 0.25) is 0 Å². The fourth-order valence-electron chi connectivity index (χ4n) is 3.85. The van der Waals surface area contributed by atoms with Crippen molar-refractivity contribution in [2.24, 2.45) is 5.92 Å². The van der Waals surface area contributed by atoms with E-state index in [1.165, 1.54) is 18.1 Å². The summed E-state index contributed by atoms with van der Waals surface area (Å²) in [4.78, 5) is 13.9. The van der Waals surface area contributed by atoms with Gasteiger partial charge in [-0.3, -0.25) is 4.79 Å². The molecular weight excluding hydrogens is 336 g/mol. The molecule has 0 saturated carbocycles. The van der Waals surface area contributed by atoms with Crippen LogP contribution in [0, 0.1) is 17.2 Å². The SMILES string of the molecule is CC#N.CN1CCC(C(=O)O)CC1C(Cc1ccccc1)c1ccccc1. The van der Waals surface area contributed by atoms with Crippen molar-refractivity contribution in [1.82, 2.24) is 4.90 Å². The molecule has 1 aliphatic heterocycles. The fraction of sp³-hybridized carbons (Fsp3) is 0.391. The number of likely N-dealkylation sites (N-methyl/N-ethyl adjacent to an activating group) is 1. The van der Waals surface area contributed by atoms with Crippen LogP contribution in [-0.4, -0.2) is 35.6 Å². The lowest BCUT2D eigenvalue weighted by molar-refractivity contribution is -0.144. The number of aliphatic carboxylic acids is 1. The highest BCUT2D eigenvalue weighted by Crippen LogP contribution is 2.34. The Bertz CT molecular complexity index is 740. The van der Waals surface area contributed by atoms with Crippen LogP contribution in [0.3, 0.4) is 0 Å². The van der Waals surface area contributed by atoms with E-state index in [1.807, 2.05) is 12.1 Å². The highest BCUT2D eigenvalue weighted by Gasteiger charge is 2.35. The number of likely N-dealkylation sites (tertiary alicyclic amines) is 1. The van der Waals surface area contributed by atoms with Gasteiger partial charge in [0.1, 0.15) is 0 Å². The van der Waals surface area contributed by atoms with Crippen molar-refractivity contribution in [2.75, 3.05) is 13.6 Å². The molecule has 3 rings (SSSR count). The van der Waals surface area contributed by atoms with Crippen LogP contribution >= 0.6 is 0 Å². The van der Waals surface area contributed by atoms with E-state index >= 15 is 0 Å². The number of rotatable bonds is 5. The Morgan fingerprint density at radius 1 is 1.19 bits per heavy atom. The summed E-state index contributed by atoms with van der Waals surface area (Å²) in [5.74, 6) is -0.575. The number of carboxylic acid groups (broad SMARTS) is 1. The van der Waals surface area contributed by atoms with Gasteiger partial charge in [0.15, 0.2) is 0 Å². The molecule has 4 heteroatoms. The van der Waals surface area contributed by atoms with Gasteiger partial charge in [-0.15, -0.1) is 0 Å². The molecule has 0 spiro atoms. The molecule has 1 aliphatic rings. The average molecular weight is 364 g/mol. The van der Waals surface area contributed by atoms with Crippen LogP contribution in [0.4, 0.5) is 0 Å². The molecule has 0 bridgehead atoms. The monoisotopic (exact) mass is 364 g/mol. The van der Waals surface area contributed by atoms with Crippen molar-refractivity contribution < 1.29 is 9.90 Å². The summed E-state index contributed by atoms with van der Waals surface area (Å²) in [7, 11) is 2.13. The zero-order valence-electron chi connectivity index (χ0n) is 16.1. The fourth-order valence-corrected chi connectivity index (χ4v) is 3.85. The summed E-state index contributed by atoms with van der Waals surface area (Å²) in [6.45, 7) is 2.28. The summed E-state index contributed by atoms with van der Waals surface area (Å²) < 4.78 is 0. The second-order valence-corrected chi connectivity index (χ2v) is 7.04. The first-order valence-electron chi connectivity index (χ1n) is 9.39. The molecule has 1 N–H and O–H groups in total. The quantitative estimate of drug-likeness (QED) is 0.857. The number of carboxylic acids is 1. The average Bonchev–Trinajstić information content (AvgIpc) is 2.69. The lowest BCUT2D eigenvalue weighted by Gasteiger charge is -2.40. The number of benzene rings is 2. The molecule has 3 atom stereocenters. The van der Waals surface area contributed by atoms with E-state index in [0.29, 0.717) is 5.92 Å². The van der Waals surface area contributed by atoms with Crippen LogP contribution in [-0.2, 0) is 11.2 Å². The van der Waals surface area contributed by atoms with E-state index in [2.05, 4.69) is 60.5 Å². The topological polar surface area (TPSA) is 64.3 Å². The van der Waals surface area contributed by atoms with Crippen LogP contribution in [0.2, 0.25) is 0 Å². The van der Waals surface area contributed by atoms with Crippen LogP contribution in [0.25, 0.3) is 0 Å². The number of hydrogen-bond acceptors (Lipinski definition) is 3. The number of nitrogens with zero attached hydrogens (tertiary/aromatic N) is 2. The molecule has 2 aromatic rings. The van der Waals surface area contributed by atoms with Crippen LogP contribution in [0.1, 0.15) is 36.8 Å². The molecular formula is C23H28N2O2. The summed E-state index contributed by atoms with van der Waals surface area (Å²) in [5.41, 5.74) is 2.60. The lowest BCUT2D eigenvalue weighted by Crippen LogP contribution is -2.45. The second kappa shape index (κ2) is 10.5. The van der Waals surface area contributed by atoms with Crippen molar-refractivity contribution in [2.45, 2.75) is 38.1 Å². The Morgan fingerprint density at radius 2 is 1.74 bits per heavy atom. The largest absolute Gasteiger partial charge is 0.481 e. The Kier molecular flexibility index (Phi) is 8.03. The molecule has 3 unspecified atom stereocenters. The highest BCUT2D eigenvalue weighted by molar-refractivity contribution is 5.70. The number of hydrogen-bond donors (Lipinski definition) is 1. The standard InChI is InChI=1S/C21H25NO2.C2H3N/c1-22-13-12-18(21(23)24)15-20(22)19(17-10-6-3-7-11-17)14-16-8-4-2-5-9-16;1-2-3/h2-11,18-20H,12-15H2,1H3,(H,23,24);1H3. The molecule has 0 aliphatic carbocycles. The summed E-state index contributed by atoms with van der Waals surface area (Å²) in [6, 6.07) is 23.0. The van der Waals surface area contributed by atoms with E-state index < -0.39 is 5.97 Å². The molecule has 0 radical (unpaired) electrons. The van der Waals surface area contributed by atoms with E-state index in [0.717, 1.165) is 25.8 Å². The van der Waals surface area contributed by atoms with Gasteiger partial charge in [-0.05, 0) is 44.0 Å². The van der Waals surface area contributed by atoms with Gasteiger partial charge in [-0.25, -0.2) is 0 Å². The predicted octanol–water partition coefficient (Wildman–Crippen LogP) is 4.34. The molecule has 1 fully saturated rings. The van der Waals surface area contributed by atoms with E-state index in [1.54, 1.807) is 6.07 Å². The first kappa shape index (κ1) is 20.7. The third kappa shape index (κ3) is 5.94. The Hall–Kier alpha value is -2.64. The molecule has 0 aromatic heterocycles. The van der Waals surface area contributed by atoms with E-state index in [-0.39, 0.29) is 12.0 Å². The van der Waals surface area contributed by atoms with Crippen molar-refractivity contribution in [3.8, 4) is 6.07 Å². The minimum Gasteiger partial charge on any atom is -0.481 e. The van der Waals surface area contributed by atoms with Crippen LogP contribution in [0.15, 0.2) is 60.7 Å². The predicted molar refractivity (Wildman–Crippen MR) is 107 cm³/mol. The van der Waals surface area contributed by atoms with Gasteiger partial charge < -0.3 is 10.0 Å². The van der Waals surface area contributed by atoms with Gasteiger partial charge in [0.25, 0.3) is 0 Å². The van der Waals surface area contributed by atoms with Crippen molar-refractivity contribution >= 4 is 5.97 Å². The smallest absolute Gasteiger partial charge is 0.306 e. The summed E-state index contributed by atoms with van der Waals surface area (Å²) >= 11 is 0.